The van der Waals surface area contributed by atoms with Crippen LogP contribution in [0, 0.1) is 6.92 Å². The molecule has 1 aliphatic carbocycles. The van der Waals surface area contributed by atoms with Gasteiger partial charge < -0.3 is 20.6 Å². The predicted octanol–water partition coefficient (Wildman–Crippen LogP) is 5.25. The van der Waals surface area contributed by atoms with Crippen LogP contribution < -0.4 is 11.1 Å². The zero-order chi connectivity index (χ0) is 28.8. The predicted molar refractivity (Wildman–Crippen MR) is 116 cm³/mol. The van der Waals surface area contributed by atoms with Crippen LogP contribution in [0.25, 0.3) is 10.2 Å². The number of carboxylic acid groups (broad SMARTS) is 1. The molecular weight excluding hydrogens is 469 g/mol. The highest BCUT2D eigenvalue weighted by Crippen LogP contribution is 2.42. The maximum Gasteiger partial charge on any atom is 0.490 e. The first-order valence-electron chi connectivity index (χ1n) is 11.9. The summed E-state index contributed by atoms with van der Waals surface area (Å²) in [5, 5.41) is 10.3. The molecule has 4 rings (SSSR count). The van der Waals surface area contributed by atoms with Crippen LogP contribution in [0.3, 0.4) is 0 Å². The van der Waals surface area contributed by atoms with E-state index in [1.165, 1.54) is 11.3 Å². The number of hydrogen-bond donors (Lipinski definition) is 3. The van der Waals surface area contributed by atoms with Crippen molar-refractivity contribution in [1.82, 2.24) is 9.97 Å². The third-order valence-electron chi connectivity index (χ3n) is 4.20. The van der Waals surface area contributed by atoms with Crippen molar-refractivity contribution in [2.45, 2.75) is 44.4 Å². The SMILES string of the molecule is O=C(O)C(F)(F)F.[2H]C1=C([2H])C([2H])([2H])[C@H](c2sc3c(NCc4ccco4)nc(Cl)nc3c2C)[C@@H](N)C1([2H])[2H]. The Kier molecular flexibility index (Phi) is 5.23. The lowest BCUT2D eigenvalue weighted by Gasteiger charge is -2.24. The molecule has 0 saturated carbocycles. The lowest BCUT2D eigenvalue weighted by atomic mass is 9.87. The van der Waals surface area contributed by atoms with Gasteiger partial charge in [-0.15, -0.1) is 11.3 Å². The molecule has 0 fully saturated rings. The van der Waals surface area contributed by atoms with E-state index < -0.39 is 49.0 Å². The number of furan rings is 1. The largest absolute Gasteiger partial charge is 0.490 e. The van der Waals surface area contributed by atoms with E-state index >= 15 is 0 Å². The molecule has 4 N–H and O–H groups in total. The van der Waals surface area contributed by atoms with Crippen LogP contribution in [-0.2, 0) is 11.3 Å². The lowest BCUT2D eigenvalue weighted by Crippen LogP contribution is -2.29. The number of halogens is 4. The molecule has 1 aliphatic rings. The summed E-state index contributed by atoms with van der Waals surface area (Å²) in [7, 11) is 0. The Labute approximate surface area is 198 Å². The number of fused-ring (bicyclic) bond motifs is 1. The number of rotatable bonds is 4. The van der Waals surface area contributed by atoms with Crippen molar-refractivity contribution in [3.05, 3.63) is 52.0 Å². The molecule has 3 aromatic rings. The second kappa shape index (κ2) is 9.88. The average Bonchev–Trinajstić information content (AvgIpc) is 3.44. The van der Waals surface area contributed by atoms with Gasteiger partial charge >= 0.3 is 12.1 Å². The van der Waals surface area contributed by atoms with Crippen LogP contribution in [-0.4, -0.2) is 33.3 Å². The van der Waals surface area contributed by atoms with Crippen LogP contribution in [0.15, 0.2) is 34.9 Å². The quantitative estimate of drug-likeness (QED) is 0.335. The normalized spacial score (nSPS) is 24.8. The third-order valence-corrected chi connectivity index (χ3v) is 5.74. The van der Waals surface area contributed by atoms with E-state index in [1.807, 2.05) is 0 Å². The number of hydrogen-bond acceptors (Lipinski definition) is 7. The molecule has 3 heterocycles. The second-order valence-corrected chi connectivity index (χ2v) is 7.78. The molecule has 172 valence electrons. The Bertz CT molecular complexity index is 1380. The highest BCUT2D eigenvalue weighted by Gasteiger charge is 2.38. The van der Waals surface area contributed by atoms with Gasteiger partial charge in [-0.25, -0.2) is 9.78 Å². The summed E-state index contributed by atoms with van der Waals surface area (Å²) in [5.41, 5.74) is 7.25. The molecule has 0 saturated heterocycles. The fourth-order valence-corrected chi connectivity index (χ4v) is 4.19. The highest BCUT2D eigenvalue weighted by molar-refractivity contribution is 7.20. The highest BCUT2D eigenvalue weighted by atomic mass is 35.5. The van der Waals surface area contributed by atoms with Gasteiger partial charge in [0.25, 0.3) is 0 Å². The number of nitrogens with one attached hydrogen (secondary N) is 1. The number of thiophene rings is 1. The van der Waals surface area contributed by atoms with Gasteiger partial charge in [-0.1, -0.05) is 12.1 Å². The fraction of sp³-hybridized carbons (Fsp3) is 0.350. The first-order chi connectivity index (χ1) is 17.4. The summed E-state index contributed by atoms with van der Waals surface area (Å²) in [6.45, 7) is 2.07. The molecular formula is C20H20ClF3N4O3S. The number of aromatic nitrogens is 2. The van der Waals surface area contributed by atoms with Gasteiger partial charge in [0.1, 0.15) is 11.6 Å². The lowest BCUT2D eigenvalue weighted by molar-refractivity contribution is -0.192. The molecule has 32 heavy (non-hydrogen) atoms. The minimum absolute atomic E-state index is 0.00250. The van der Waals surface area contributed by atoms with Gasteiger partial charge in [-0.05, 0) is 49.0 Å². The zero-order valence-electron chi connectivity index (χ0n) is 22.2. The van der Waals surface area contributed by atoms with Crippen LogP contribution in [0.5, 0.6) is 0 Å². The van der Waals surface area contributed by atoms with Crippen molar-refractivity contribution in [3.8, 4) is 0 Å². The van der Waals surface area contributed by atoms with Gasteiger partial charge in [-0.2, -0.15) is 18.2 Å². The second-order valence-electron chi connectivity index (χ2n) is 6.39. The Hall–Kier alpha value is -2.63. The van der Waals surface area contributed by atoms with Crippen molar-refractivity contribution in [1.29, 1.82) is 0 Å². The van der Waals surface area contributed by atoms with E-state index in [-0.39, 0.29) is 5.28 Å². The third kappa shape index (κ3) is 5.59. The Morgan fingerprint density at radius 1 is 1.47 bits per heavy atom. The average molecular weight is 495 g/mol. The smallest absolute Gasteiger partial charge is 0.475 e. The molecule has 0 aromatic carbocycles. The summed E-state index contributed by atoms with van der Waals surface area (Å²) in [6.07, 6.45) is -8.20. The van der Waals surface area contributed by atoms with E-state index in [0.29, 0.717) is 38.8 Å². The molecule has 2 atom stereocenters. The summed E-state index contributed by atoms with van der Waals surface area (Å²) < 4.78 is 87.0. The van der Waals surface area contributed by atoms with Crippen molar-refractivity contribution in [3.63, 3.8) is 0 Å². The fourth-order valence-electron chi connectivity index (χ4n) is 2.71. The van der Waals surface area contributed by atoms with Gasteiger partial charge in [0.05, 0.1) is 25.8 Å². The monoisotopic (exact) mass is 494 g/mol. The maximum absolute atomic E-state index is 10.6. The van der Waals surface area contributed by atoms with E-state index in [9.17, 15) is 13.2 Å². The number of aliphatic carboxylic acids is 1. The van der Waals surface area contributed by atoms with Crippen LogP contribution in [0.2, 0.25) is 5.28 Å². The van der Waals surface area contributed by atoms with Crippen molar-refractivity contribution in [2.75, 3.05) is 5.32 Å². The van der Waals surface area contributed by atoms with E-state index in [4.69, 9.17) is 39.9 Å². The van der Waals surface area contributed by atoms with Gasteiger partial charge in [0.15, 0.2) is 0 Å². The number of nitrogens with two attached hydrogens (primary N) is 1. The number of carbonyl (C=O) groups is 1. The Morgan fingerprint density at radius 2 is 2.16 bits per heavy atom. The van der Waals surface area contributed by atoms with Gasteiger partial charge in [0, 0.05) is 22.3 Å². The van der Waals surface area contributed by atoms with Crippen LogP contribution in [0.1, 0.15) is 43.1 Å². The molecule has 7 nitrogen and oxygen atoms in total. The zero-order valence-corrected chi connectivity index (χ0v) is 17.8. The summed E-state index contributed by atoms with van der Waals surface area (Å²) in [4.78, 5) is 17.9. The number of allylic oxidation sites excluding steroid dienone is 1. The Balaban J connectivity index is 0.000000505. The maximum atomic E-state index is 10.6. The number of anilines is 1. The number of aryl methyl sites for hydroxylation is 1. The molecule has 12 heteroatoms. The molecule has 0 unspecified atom stereocenters. The first kappa shape index (κ1) is 16.9. The van der Waals surface area contributed by atoms with Crippen molar-refractivity contribution < 1.29 is 35.7 Å². The first-order valence-corrected chi connectivity index (χ1v) is 10.1. The van der Waals surface area contributed by atoms with Crippen LogP contribution >= 0.6 is 22.9 Å². The minimum Gasteiger partial charge on any atom is -0.475 e. The number of carboxylic acids is 1. The Morgan fingerprint density at radius 3 is 2.78 bits per heavy atom. The van der Waals surface area contributed by atoms with Gasteiger partial charge in [0.2, 0.25) is 5.28 Å². The summed E-state index contributed by atoms with van der Waals surface area (Å²) >= 11 is 7.30. The topological polar surface area (TPSA) is 114 Å². The van der Waals surface area contributed by atoms with Crippen LogP contribution in [0.4, 0.5) is 19.0 Å². The minimum atomic E-state index is -5.08. The molecule has 0 spiro atoms. The summed E-state index contributed by atoms with van der Waals surface area (Å²) in [6, 6.07) is 0.764. The molecule has 0 bridgehead atoms. The molecule has 0 radical (unpaired) electrons. The summed E-state index contributed by atoms with van der Waals surface area (Å²) in [5.74, 6) is -2.82. The molecule has 3 aromatic heterocycles. The molecule has 0 amide bonds. The van der Waals surface area contributed by atoms with E-state index in [1.54, 1.807) is 25.3 Å². The van der Waals surface area contributed by atoms with E-state index in [2.05, 4.69) is 15.3 Å². The van der Waals surface area contributed by atoms with Crippen molar-refractivity contribution in [2.24, 2.45) is 5.73 Å². The number of alkyl halides is 3. The number of nitrogens with zero attached hydrogens (tertiary/aromatic N) is 2. The standard InChI is InChI=1S/C18H19ClN4OS.C2HF3O2/c1-10-14-16(25-15(10)12-6-2-3-7-13(12)20)17(23-18(19)22-14)21-9-11-5-4-8-24-11;3-2(4,5)1(6)7/h2-5,8,12-13H,6-7,9,20H2,1H3,(H,21,22,23);(H,6,7)/t12-,13-;/m0./s1/i2D,3D,6D2,7D2;. The van der Waals surface area contributed by atoms with E-state index in [0.717, 1.165) is 0 Å². The molecule has 0 aliphatic heterocycles. The van der Waals surface area contributed by atoms with Crippen molar-refractivity contribution >= 4 is 44.9 Å². The van der Waals surface area contributed by atoms with Gasteiger partial charge in [-0.3, -0.25) is 0 Å².